The van der Waals surface area contributed by atoms with Crippen molar-refractivity contribution in [2.75, 3.05) is 13.2 Å². The molecule has 0 aliphatic heterocycles. The predicted molar refractivity (Wildman–Crippen MR) is 72.7 cm³/mol. The maximum Gasteiger partial charge on any atom is 0.358 e. The fourth-order valence-electron chi connectivity index (χ4n) is 1.61. The van der Waals surface area contributed by atoms with E-state index in [-0.39, 0.29) is 6.61 Å². The number of esters is 1. The normalized spacial score (nSPS) is 13.0. The van der Waals surface area contributed by atoms with Gasteiger partial charge in [-0.15, -0.1) is 6.58 Å². The lowest BCUT2D eigenvalue weighted by atomic mass is 10.3. The van der Waals surface area contributed by atoms with Crippen LogP contribution in [0.2, 0.25) is 0 Å². The van der Waals surface area contributed by atoms with Crippen molar-refractivity contribution in [3.8, 4) is 0 Å². The number of hydrogen-bond acceptors (Lipinski definition) is 5. The van der Waals surface area contributed by atoms with Gasteiger partial charge in [0, 0.05) is 13.2 Å². The van der Waals surface area contributed by atoms with Crippen LogP contribution in [0.4, 0.5) is 4.39 Å². The van der Waals surface area contributed by atoms with Crippen molar-refractivity contribution in [2.24, 2.45) is 7.05 Å². The molecule has 0 saturated heterocycles. The molecular weight excluding hydrogens is 303 g/mol. The number of carbonyl (C=O) groups excluding carboxylic acids is 1. The second-order valence-corrected chi connectivity index (χ2v) is 5.82. The molecule has 0 aliphatic carbocycles. The predicted octanol–water partition coefficient (Wildman–Crippen LogP) is 0.166. The van der Waals surface area contributed by atoms with Gasteiger partial charge >= 0.3 is 5.97 Å². The van der Waals surface area contributed by atoms with Gasteiger partial charge in [0.2, 0.25) is 10.0 Å². The lowest BCUT2D eigenvalue weighted by Gasteiger charge is -2.11. The number of hydrogen-bond donors (Lipinski definition) is 2. The van der Waals surface area contributed by atoms with Gasteiger partial charge in [-0.2, -0.15) is 0 Å². The number of ether oxygens (including phenoxy) is 1. The highest BCUT2D eigenvalue weighted by molar-refractivity contribution is 7.89. The van der Waals surface area contributed by atoms with E-state index in [4.69, 9.17) is 5.11 Å². The Hall–Kier alpha value is -1.71. The molecule has 1 unspecified atom stereocenters. The molecule has 1 rings (SSSR count). The molecule has 1 aromatic heterocycles. The number of rotatable bonds is 7. The van der Waals surface area contributed by atoms with Crippen molar-refractivity contribution in [1.29, 1.82) is 0 Å². The van der Waals surface area contributed by atoms with E-state index in [1.807, 2.05) is 0 Å². The molecule has 0 aliphatic rings. The summed E-state index contributed by atoms with van der Waals surface area (Å²) >= 11 is 0. The van der Waals surface area contributed by atoms with E-state index in [2.05, 4.69) is 16.0 Å². The minimum absolute atomic E-state index is 0.0346. The van der Waals surface area contributed by atoms with E-state index in [1.54, 1.807) is 6.92 Å². The van der Waals surface area contributed by atoms with E-state index in [9.17, 15) is 17.6 Å². The number of nitrogens with zero attached hydrogens (tertiary/aromatic N) is 1. The number of carbonyl (C=O) groups is 1. The van der Waals surface area contributed by atoms with Crippen molar-refractivity contribution >= 4 is 16.0 Å². The highest BCUT2D eigenvalue weighted by atomic mass is 32.2. The third-order valence-corrected chi connectivity index (χ3v) is 4.11. The van der Waals surface area contributed by atoms with Crippen LogP contribution in [0.5, 0.6) is 0 Å². The molecule has 0 radical (unpaired) electrons. The molecule has 7 nitrogen and oxygen atoms in total. The van der Waals surface area contributed by atoms with E-state index in [1.165, 1.54) is 13.1 Å². The Balaban J connectivity index is 3.23. The van der Waals surface area contributed by atoms with Crippen molar-refractivity contribution < 1.29 is 27.4 Å². The smallest absolute Gasteiger partial charge is 0.358 e. The Labute approximate surface area is 122 Å². The first-order chi connectivity index (χ1) is 9.78. The number of halogens is 1. The zero-order chi connectivity index (χ0) is 16.2. The molecule has 0 amide bonds. The zero-order valence-corrected chi connectivity index (χ0v) is 12.5. The average Bonchev–Trinajstić information content (AvgIpc) is 2.72. The maximum atomic E-state index is 14.2. The van der Waals surface area contributed by atoms with Crippen LogP contribution in [0.25, 0.3) is 0 Å². The van der Waals surface area contributed by atoms with E-state index in [0.29, 0.717) is 0 Å². The van der Waals surface area contributed by atoms with Crippen LogP contribution in [0.15, 0.2) is 23.7 Å². The minimum Gasteiger partial charge on any atom is -0.461 e. The third-order valence-electron chi connectivity index (χ3n) is 2.63. The SMILES string of the molecule is C=CC(CO)NS(=O)(=O)c1cn(C)c(C(=O)OCC)c1F. The summed E-state index contributed by atoms with van der Waals surface area (Å²) in [5, 5.41) is 8.95. The van der Waals surface area contributed by atoms with Crippen molar-refractivity contribution in [3.05, 3.63) is 30.4 Å². The summed E-state index contributed by atoms with van der Waals surface area (Å²) in [5.74, 6) is -2.16. The molecule has 0 spiro atoms. The van der Waals surface area contributed by atoms with Crippen LogP contribution >= 0.6 is 0 Å². The molecule has 21 heavy (non-hydrogen) atoms. The Morgan fingerprint density at radius 1 is 1.67 bits per heavy atom. The van der Waals surface area contributed by atoms with Crippen LogP contribution in [0.3, 0.4) is 0 Å². The molecule has 0 fully saturated rings. The first-order valence-corrected chi connectivity index (χ1v) is 7.54. The molecule has 0 aromatic carbocycles. The molecule has 2 N–H and O–H groups in total. The number of aliphatic hydroxyl groups excluding tert-OH is 1. The Morgan fingerprint density at radius 2 is 2.29 bits per heavy atom. The van der Waals surface area contributed by atoms with Gasteiger partial charge in [-0.05, 0) is 6.92 Å². The fourth-order valence-corrected chi connectivity index (χ4v) is 2.94. The van der Waals surface area contributed by atoms with Gasteiger partial charge in [-0.1, -0.05) is 6.08 Å². The Morgan fingerprint density at radius 3 is 2.76 bits per heavy atom. The summed E-state index contributed by atoms with van der Waals surface area (Å²) in [7, 11) is -2.92. The second kappa shape index (κ2) is 6.83. The molecule has 0 bridgehead atoms. The van der Waals surface area contributed by atoms with Gasteiger partial charge in [0.1, 0.15) is 4.90 Å². The molecule has 1 atom stereocenters. The first kappa shape index (κ1) is 17.3. The molecule has 0 saturated carbocycles. The fraction of sp³-hybridized carbons (Fsp3) is 0.417. The third kappa shape index (κ3) is 3.69. The van der Waals surface area contributed by atoms with Crippen molar-refractivity contribution in [1.82, 2.24) is 9.29 Å². The van der Waals surface area contributed by atoms with Crippen LogP contribution in [-0.2, 0) is 21.8 Å². The van der Waals surface area contributed by atoms with Crippen molar-refractivity contribution in [3.63, 3.8) is 0 Å². The molecular formula is C12H17FN2O5S. The van der Waals surface area contributed by atoms with Gasteiger partial charge in [0.05, 0.1) is 19.3 Å². The summed E-state index contributed by atoms with van der Waals surface area (Å²) in [6.45, 7) is 4.41. The second-order valence-electron chi connectivity index (χ2n) is 4.13. The summed E-state index contributed by atoms with van der Waals surface area (Å²) in [5.41, 5.74) is -0.489. The van der Waals surface area contributed by atoms with Crippen molar-refractivity contribution in [2.45, 2.75) is 17.9 Å². The Kier molecular flexibility index (Phi) is 5.64. The van der Waals surface area contributed by atoms with Gasteiger partial charge < -0.3 is 14.4 Å². The highest BCUT2D eigenvalue weighted by Crippen LogP contribution is 2.21. The van der Waals surface area contributed by atoms with Gasteiger partial charge in [-0.25, -0.2) is 22.3 Å². The van der Waals surface area contributed by atoms with Crippen LogP contribution < -0.4 is 4.72 Å². The first-order valence-electron chi connectivity index (χ1n) is 6.06. The average molecular weight is 320 g/mol. The number of aromatic nitrogens is 1. The number of nitrogens with one attached hydrogen (secondary N) is 1. The summed E-state index contributed by atoms with van der Waals surface area (Å²) in [6.07, 6.45) is 2.13. The lowest BCUT2D eigenvalue weighted by molar-refractivity contribution is 0.0509. The largest absolute Gasteiger partial charge is 0.461 e. The molecule has 118 valence electrons. The van der Waals surface area contributed by atoms with Crippen LogP contribution in [0.1, 0.15) is 17.4 Å². The quantitative estimate of drug-likeness (QED) is 0.551. The highest BCUT2D eigenvalue weighted by Gasteiger charge is 2.30. The Bertz CT molecular complexity index is 638. The number of aliphatic hydroxyl groups is 1. The minimum atomic E-state index is -4.25. The zero-order valence-electron chi connectivity index (χ0n) is 11.7. The maximum absolute atomic E-state index is 14.2. The summed E-state index contributed by atoms with van der Waals surface area (Å²) in [6, 6.07) is -0.958. The van der Waals surface area contributed by atoms with E-state index >= 15 is 0 Å². The monoisotopic (exact) mass is 320 g/mol. The van der Waals surface area contributed by atoms with Gasteiger partial charge in [0.25, 0.3) is 0 Å². The van der Waals surface area contributed by atoms with E-state index in [0.717, 1.165) is 10.8 Å². The van der Waals surface area contributed by atoms with Gasteiger partial charge in [0.15, 0.2) is 11.5 Å². The topological polar surface area (TPSA) is 97.6 Å². The van der Waals surface area contributed by atoms with Crippen LogP contribution in [-0.4, -0.2) is 43.3 Å². The van der Waals surface area contributed by atoms with Gasteiger partial charge in [-0.3, -0.25) is 0 Å². The number of sulfonamides is 1. The van der Waals surface area contributed by atoms with Crippen LogP contribution in [0, 0.1) is 5.82 Å². The molecule has 1 aromatic rings. The summed E-state index contributed by atoms with van der Waals surface area (Å²) < 4.78 is 46.1. The summed E-state index contributed by atoms with van der Waals surface area (Å²) in [4.78, 5) is 10.9. The number of aryl methyl sites for hydroxylation is 1. The molecule has 9 heteroatoms. The van der Waals surface area contributed by atoms with E-state index < -0.39 is 45.0 Å². The lowest BCUT2D eigenvalue weighted by Crippen LogP contribution is -2.36. The standard InChI is InChI=1S/C12H17FN2O5S/c1-4-8(7-16)14-21(18,19)9-6-15(3)11(10(9)13)12(17)20-5-2/h4,6,8,14,16H,1,5,7H2,2-3H3. The molecule has 1 heterocycles.